The first kappa shape index (κ1) is 17.2. The van der Waals surface area contributed by atoms with E-state index >= 15 is 0 Å². The molecule has 2 aliphatic rings. The van der Waals surface area contributed by atoms with Gasteiger partial charge in [-0.25, -0.2) is 8.42 Å². The van der Waals surface area contributed by atoms with Crippen molar-refractivity contribution in [3.63, 3.8) is 0 Å². The van der Waals surface area contributed by atoms with Gasteiger partial charge in [0.15, 0.2) is 0 Å². The summed E-state index contributed by atoms with van der Waals surface area (Å²) in [7, 11) is -3.26. The number of fused-ring (bicyclic) bond motifs is 1. The molecule has 2 heterocycles. The lowest BCUT2D eigenvalue weighted by atomic mass is 9.91. The number of likely N-dealkylation sites (tertiary alicyclic amines) is 1. The highest BCUT2D eigenvalue weighted by molar-refractivity contribution is 7.92. The molecule has 6 nitrogen and oxygen atoms in total. The van der Waals surface area contributed by atoms with Crippen molar-refractivity contribution in [2.45, 2.75) is 32.2 Å². The monoisotopic (exact) mass is 351 g/mol. The Bertz CT molecular complexity index is 745. The maximum atomic E-state index is 12.8. The summed E-state index contributed by atoms with van der Waals surface area (Å²) >= 11 is 0. The molecule has 1 fully saturated rings. The Labute approximate surface area is 143 Å². The first-order valence-corrected chi connectivity index (χ1v) is 10.3. The molecule has 1 amide bonds. The van der Waals surface area contributed by atoms with Crippen LogP contribution in [-0.2, 0) is 16.4 Å². The van der Waals surface area contributed by atoms with E-state index in [-0.39, 0.29) is 11.9 Å². The summed E-state index contributed by atoms with van der Waals surface area (Å²) in [5.41, 5.74) is 8.25. The van der Waals surface area contributed by atoms with Crippen LogP contribution in [0, 0.1) is 5.92 Å². The van der Waals surface area contributed by atoms with Crippen LogP contribution in [0.2, 0.25) is 0 Å². The average Bonchev–Trinajstić information content (AvgIpc) is 2.97. The summed E-state index contributed by atoms with van der Waals surface area (Å²) in [6, 6.07) is 5.42. The zero-order valence-electron chi connectivity index (χ0n) is 14.2. The zero-order chi connectivity index (χ0) is 17.5. The van der Waals surface area contributed by atoms with E-state index in [0.717, 1.165) is 24.9 Å². The highest BCUT2D eigenvalue weighted by Gasteiger charge is 2.29. The van der Waals surface area contributed by atoms with Crippen molar-refractivity contribution >= 4 is 21.6 Å². The molecule has 0 bridgehead atoms. The van der Waals surface area contributed by atoms with Gasteiger partial charge < -0.3 is 10.6 Å². The highest BCUT2D eigenvalue weighted by Crippen LogP contribution is 2.31. The molecule has 3 rings (SSSR count). The van der Waals surface area contributed by atoms with Crippen molar-refractivity contribution in [1.29, 1.82) is 0 Å². The molecule has 0 saturated carbocycles. The Morgan fingerprint density at radius 2 is 2.08 bits per heavy atom. The van der Waals surface area contributed by atoms with Gasteiger partial charge in [0, 0.05) is 31.2 Å². The number of carbonyl (C=O) groups excluding carboxylic acids is 1. The third-order valence-electron chi connectivity index (χ3n) is 5.07. The van der Waals surface area contributed by atoms with Gasteiger partial charge in [-0.2, -0.15) is 0 Å². The number of nitrogens with zero attached hydrogens (tertiary/aromatic N) is 2. The van der Waals surface area contributed by atoms with Crippen molar-refractivity contribution in [3.8, 4) is 0 Å². The molecule has 2 N–H and O–H groups in total. The van der Waals surface area contributed by atoms with Gasteiger partial charge in [-0.05, 0) is 55.9 Å². The molecule has 2 unspecified atom stereocenters. The fourth-order valence-corrected chi connectivity index (χ4v) is 4.61. The third kappa shape index (κ3) is 3.28. The topological polar surface area (TPSA) is 83.7 Å². The second-order valence-electron chi connectivity index (χ2n) is 6.94. The number of benzene rings is 1. The second-order valence-corrected chi connectivity index (χ2v) is 8.85. The lowest BCUT2D eigenvalue weighted by Gasteiger charge is -2.34. The van der Waals surface area contributed by atoms with E-state index < -0.39 is 10.0 Å². The minimum atomic E-state index is -3.26. The molecule has 1 aromatic rings. The Kier molecular flexibility index (Phi) is 4.57. The number of amides is 1. The summed E-state index contributed by atoms with van der Waals surface area (Å²) in [6.07, 6.45) is 3.90. The van der Waals surface area contributed by atoms with E-state index in [0.29, 0.717) is 36.7 Å². The SMILES string of the molecule is CC(N)C1CCCN(C(=O)c2ccc3c(c2)CCN3S(C)(=O)=O)C1. The van der Waals surface area contributed by atoms with Crippen molar-refractivity contribution in [2.75, 3.05) is 30.2 Å². The normalized spacial score (nSPS) is 22.4. The minimum absolute atomic E-state index is 0.0148. The van der Waals surface area contributed by atoms with Crippen LogP contribution in [0.25, 0.3) is 0 Å². The molecular formula is C17H25N3O3S. The minimum Gasteiger partial charge on any atom is -0.338 e. The zero-order valence-corrected chi connectivity index (χ0v) is 15.1. The first-order valence-electron chi connectivity index (χ1n) is 8.43. The van der Waals surface area contributed by atoms with Gasteiger partial charge in [0.1, 0.15) is 0 Å². The maximum Gasteiger partial charge on any atom is 0.253 e. The summed E-state index contributed by atoms with van der Waals surface area (Å²) in [5.74, 6) is 0.360. The number of nitrogens with two attached hydrogens (primary N) is 1. The van der Waals surface area contributed by atoms with Crippen LogP contribution in [-0.4, -0.2) is 51.2 Å². The Morgan fingerprint density at radius 1 is 1.33 bits per heavy atom. The second kappa shape index (κ2) is 6.37. The number of anilines is 1. The number of sulfonamides is 1. The first-order chi connectivity index (χ1) is 11.3. The Hall–Kier alpha value is -1.60. The summed E-state index contributed by atoms with van der Waals surface area (Å²) in [6.45, 7) is 3.90. The number of rotatable bonds is 3. The predicted octanol–water partition coefficient (Wildman–Crippen LogP) is 1.21. The summed E-state index contributed by atoms with van der Waals surface area (Å²) in [5, 5.41) is 0. The van der Waals surface area contributed by atoms with E-state index in [1.165, 1.54) is 10.6 Å². The molecule has 7 heteroatoms. The van der Waals surface area contributed by atoms with Crippen LogP contribution in [0.3, 0.4) is 0 Å². The molecule has 0 radical (unpaired) electrons. The molecule has 0 aliphatic carbocycles. The van der Waals surface area contributed by atoms with Gasteiger partial charge in [0.25, 0.3) is 5.91 Å². The van der Waals surface area contributed by atoms with E-state index in [2.05, 4.69) is 0 Å². The van der Waals surface area contributed by atoms with Crippen molar-refractivity contribution in [2.24, 2.45) is 11.7 Å². The van der Waals surface area contributed by atoms with E-state index in [1.807, 2.05) is 17.9 Å². The van der Waals surface area contributed by atoms with Crippen LogP contribution in [0.4, 0.5) is 5.69 Å². The van der Waals surface area contributed by atoms with Gasteiger partial charge in [0.05, 0.1) is 11.9 Å². The molecule has 1 saturated heterocycles. The maximum absolute atomic E-state index is 12.8. The van der Waals surface area contributed by atoms with Crippen LogP contribution in [0.1, 0.15) is 35.7 Å². The molecule has 132 valence electrons. The van der Waals surface area contributed by atoms with Gasteiger partial charge in [-0.1, -0.05) is 0 Å². The van der Waals surface area contributed by atoms with E-state index in [9.17, 15) is 13.2 Å². The van der Waals surface area contributed by atoms with Gasteiger partial charge in [-0.3, -0.25) is 9.10 Å². The van der Waals surface area contributed by atoms with Crippen LogP contribution < -0.4 is 10.0 Å². The number of carbonyl (C=O) groups is 1. The molecule has 0 aromatic heterocycles. The van der Waals surface area contributed by atoms with Gasteiger partial charge in [-0.15, -0.1) is 0 Å². The molecule has 1 aromatic carbocycles. The van der Waals surface area contributed by atoms with Crippen LogP contribution in [0.5, 0.6) is 0 Å². The van der Waals surface area contributed by atoms with E-state index in [1.54, 1.807) is 12.1 Å². The molecule has 2 atom stereocenters. The van der Waals surface area contributed by atoms with Crippen molar-refractivity contribution in [3.05, 3.63) is 29.3 Å². The van der Waals surface area contributed by atoms with Crippen molar-refractivity contribution in [1.82, 2.24) is 4.90 Å². The average molecular weight is 351 g/mol. The third-order valence-corrected chi connectivity index (χ3v) is 6.25. The van der Waals surface area contributed by atoms with Crippen molar-refractivity contribution < 1.29 is 13.2 Å². The largest absolute Gasteiger partial charge is 0.338 e. The van der Waals surface area contributed by atoms with Crippen LogP contribution in [0.15, 0.2) is 18.2 Å². The fourth-order valence-electron chi connectivity index (χ4n) is 3.66. The smallest absolute Gasteiger partial charge is 0.253 e. The highest BCUT2D eigenvalue weighted by atomic mass is 32.2. The fraction of sp³-hybridized carbons (Fsp3) is 0.588. The molecule has 0 spiro atoms. The van der Waals surface area contributed by atoms with E-state index in [4.69, 9.17) is 5.73 Å². The summed E-state index contributed by atoms with van der Waals surface area (Å²) < 4.78 is 25.0. The predicted molar refractivity (Wildman–Crippen MR) is 94.6 cm³/mol. The lowest BCUT2D eigenvalue weighted by molar-refractivity contribution is 0.0661. The Balaban J connectivity index is 1.80. The molecular weight excluding hydrogens is 326 g/mol. The number of piperidine rings is 1. The standard InChI is InChI=1S/C17H25N3O3S/c1-12(18)15-4-3-8-19(11-15)17(21)14-5-6-16-13(10-14)7-9-20(16)24(2,22)23/h5-6,10,12,15H,3-4,7-9,11,18H2,1-2H3. The molecule has 24 heavy (non-hydrogen) atoms. The lowest BCUT2D eigenvalue weighted by Crippen LogP contribution is -2.45. The number of hydrogen-bond donors (Lipinski definition) is 1. The van der Waals surface area contributed by atoms with Crippen LogP contribution >= 0.6 is 0 Å². The summed E-state index contributed by atoms with van der Waals surface area (Å²) in [4.78, 5) is 14.7. The van der Waals surface area contributed by atoms with Gasteiger partial charge in [0.2, 0.25) is 10.0 Å². The Morgan fingerprint density at radius 3 is 2.75 bits per heavy atom. The quantitative estimate of drug-likeness (QED) is 0.887. The molecule has 2 aliphatic heterocycles. The van der Waals surface area contributed by atoms with Gasteiger partial charge >= 0.3 is 0 Å². The number of hydrogen-bond acceptors (Lipinski definition) is 4.